The molecule has 2 heterocycles. The molecule has 0 bridgehead atoms. The minimum Gasteiger partial charge on any atom is -0.492 e. The van der Waals surface area contributed by atoms with E-state index in [0.717, 1.165) is 45.0 Å². The average Bonchev–Trinajstić information content (AvgIpc) is 3.09. The molecular formula is C16H25N3O2. The summed E-state index contributed by atoms with van der Waals surface area (Å²) in [5.41, 5.74) is 3.92. The van der Waals surface area contributed by atoms with E-state index in [2.05, 4.69) is 41.8 Å². The van der Waals surface area contributed by atoms with Crippen LogP contribution in [0.15, 0.2) is 12.1 Å². The number of rotatable bonds is 6. The van der Waals surface area contributed by atoms with E-state index in [4.69, 9.17) is 9.47 Å². The number of fused-ring (bicyclic) bond motifs is 1. The molecule has 3 rings (SSSR count). The van der Waals surface area contributed by atoms with Crippen molar-refractivity contribution in [3.05, 3.63) is 23.3 Å². The van der Waals surface area contributed by atoms with Crippen molar-refractivity contribution in [3.63, 3.8) is 0 Å². The topological polar surface area (TPSA) is 45.8 Å². The lowest BCUT2D eigenvalue weighted by molar-refractivity contribution is 0.195. The van der Waals surface area contributed by atoms with Crippen molar-refractivity contribution in [2.45, 2.75) is 25.6 Å². The molecule has 5 nitrogen and oxygen atoms in total. The summed E-state index contributed by atoms with van der Waals surface area (Å²) in [5.74, 6) is 0.959. The van der Waals surface area contributed by atoms with Crippen LogP contribution in [0.3, 0.4) is 0 Å². The second kappa shape index (κ2) is 6.64. The fraction of sp³-hybridized carbons (Fsp3) is 0.625. The lowest BCUT2D eigenvalue weighted by atomic mass is 10.1. The number of anilines is 1. The highest BCUT2D eigenvalue weighted by Crippen LogP contribution is 2.31. The molecule has 0 unspecified atom stereocenters. The molecule has 1 fully saturated rings. The third-order valence-electron chi connectivity index (χ3n) is 4.03. The van der Waals surface area contributed by atoms with Crippen LogP contribution in [-0.2, 0) is 17.8 Å². The predicted molar refractivity (Wildman–Crippen MR) is 83.9 cm³/mol. The highest BCUT2D eigenvalue weighted by Gasteiger charge is 2.21. The largest absolute Gasteiger partial charge is 0.492 e. The summed E-state index contributed by atoms with van der Waals surface area (Å²) >= 11 is 0. The van der Waals surface area contributed by atoms with Gasteiger partial charge in [0.25, 0.3) is 0 Å². The van der Waals surface area contributed by atoms with Crippen LogP contribution in [0, 0.1) is 0 Å². The zero-order valence-electron chi connectivity index (χ0n) is 12.9. The Morgan fingerprint density at radius 1 is 1.38 bits per heavy atom. The van der Waals surface area contributed by atoms with Crippen LogP contribution in [0.1, 0.15) is 17.5 Å². The molecular weight excluding hydrogens is 266 g/mol. The molecule has 1 atom stereocenters. The van der Waals surface area contributed by atoms with Crippen LogP contribution in [0.25, 0.3) is 0 Å². The Morgan fingerprint density at radius 3 is 3.05 bits per heavy atom. The number of nitrogens with one attached hydrogen (secondary N) is 2. The zero-order valence-corrected chi connectivity index (χ0v) is 12.9. The van der Waals surface area contributed by atoms with Gasteiger partial charge >= 0.3 is 0 Å². The fourth-order valence-corrected chi connectivity index (χ4v) is 2.82. The van der Waals surface area contributed by atoms with Gasteiger partial charge in [-0.25, -0.2) is 0 Å². The van der Waals surface area contributed by atoms with E-state index in [1.165, 1.54) is 16.8 Å². The van der Waals surface area contributed by atoms with Crippen LogP contribution < -0.4 is 15.4 Å². The first-order valence-electron chi connectivity index (χ1n) is 7.70. The van der Waals surface area contributed by atoms with Gasteiger partial charge in [0.1, 0.15) is 12.4 Å². The number of benzene rings is 1. The summed E-state index contributed by atoms with van der Waals surface area (Å²) in [5, 5.41) is 7.04. The molecule has 116 valence electrons. The second-order valence-corrected chi connectivity index (χ2v) is 6.07. The van der Waals surface area contributed by atoms with Crippen LogP contribution in [-0.4, -0.2) is 51.4 Å². The van der Waals surface area contributed by atoms with Gasteiger partial charge in [0.05, 0.1) is 12.6 Å². The van der Waals surface area contributed by atoms with Crippen molar-refractivity contribution in [1.82, 2.24) is 10.2 Å². The summed E-state index contributed by atoms with van der Waals surface area (Å²) in [4.78, 5) is 2.13. The van der Waals surface area contributed by atoms with Gasteiger partial charge in [-0.1, -0.05) is 0 Å². The quantitative estimate of drug-likeness (QED) is 0.830. The molecule has 2 aliphatic heterocycles. The smallest absolute Gasteiger partial charge is 0.121 e. The molecule has 1 aromatic rings. The van der Waals surface area contributed by atoms with Crippen molar-refractivity contribution < 1.29 is 9.47 Å². The first-order chi connectivity index (χ1) is 10.2. The van der Waals surface area contributed by atoms with Crippen molar-refractivity contribution >= 4 is 5.69 Å². The fourth-order valence-electron chi connectivity index (χ4n) is 2.82. The van der Waals surface area contributed by atoms with Crippen molar-refractivity contribution in [3.8, 4) is 5.75 Å². The molecule has 5 heteroatoms. The number of ether oxygens (including phenoxy) is 2. The third kappa shape index (κ3) is 3.67. The van der Waals surface area contributed by atoms with Gasteiger partial charge in [-0.3, -0.25) is 0 Å². The van der Waals surface area contributed by atoms with Gasteiger partial charge in [0.2, 0.25) is 0 Å². The molecule has 0 spiro atoms. The molecule has 0 aromatic heterocycles. The summed E-state index contributed by atoms with van der Waals surface area (Å²) in [6, 6.07) is 4.73. The van der Waals surface area contributed by atoms with Crippen molar-refractivity contribution in [1.29, 1.82) is 0 Å². The maximum atomic E-state index is 5.91. The zero-order chi connectivity index (χ0) is 14.7. The molecule has 1 saturated heterocycles. The molecule has 1 aromatic carbocycles. The van der Waals surface area contributed by atoms with E-state index in [1.54, 1.807) is 0 Å². The third-order valence-corrected chi connectivity index (χ3v) is 4.03. The summed E-state index contributed by atoms with van der Waals surface area (Å²) in [6.07, 6.45) is 1.08. The Hall–Kier alpha value is -1.30. The number of hydrogen-bond donors (Lipinski definition) is 2. The Labute approximate surface area is 126 Å². The van der Waals surface area contributed by atoms with E-state index in [0.29, 0.717) is 12.6 Å². The monoisotopic (exact) mass is 291 g/mol. The SMILES string of the molecule is CN(C)CCOc1cc2c(c(N[C@H]3CCOC3)c1)CNC2. The lowest BCUT2D eigenvalue weighted by Crippen LogP contribution is -2.21. The number of nitrogens with zero attached hydrogens (tertiary/aromatic N) is 1. The van der Waals surface area contributed by atoms with Gasteiger partial charge in [-0.2, -0.15) is 0 Å². The van der Waals surface area contributed by atoms with E-state index in [9.17, 15) is 0 Å². The van der Waals surface area contributed by atoms with Gasteiger partial charge in [-0.15, -0.1) is 0 Å². The van der Waals surface area contributed by atoms with Gasteiger partial charge in [0, 0.05) is 38.0 Å². The second-order valence-electron chi connectivity index (χ2n) is 6.07. The normalized spacial score (nSPS) is 20.8. The van der Waals surface area contributed by atoms with E-state index in [1.807, 2.05) is 0 Å². The van der Waals surface area contributed by atoms with Gasteiger partial charge in [0.15, 0.2) is 0 Å². The van der Waals surface area contributed by atoms with Crippen LogP contribution in [0.4, 0.5) is 5.69 Å². The van der Waals surface area contributed by atoms with E-state index in [-0.39, 0.29) is 0 Å². The lowest BCUT2D eigenvalue weighted by Gasteiger charge is -2.18. The molecule has 0 amide bonds. The van der Waals surface area contributed by atoms with Crippen molar-refractivity contribution in [2.75, 3.05) is 45.8 Å². The minimum absolute atomic E-state index is 0.423. The van der Waals surface area contributed by atoms with Crippen LogP contribution >= 0.6 is 0 Å². The highest BCUT2D eigenvalue weighted by atomic mass is 16.5. The number of hydrogen-bond acceptors (Lipinski definition) is 5. The molecule has 2 N–H and O–H groups in total. The Morgan fingerprint density at radius 2 is 2.29 bits per heavy atom. The predicted octanol–water partition coefficient (Wildman–Crippen LogP) is 1.43. The highest BCUT2D eigenvalue weighted by molar-refractivity contribution is 5.60. The summed E-state index contributed by atoms with van der Waals surface area (Å²) in [7, 11) is 4.12. The Bertz CT molecular complexity index is 485. The molecule has 0 saturated carbocycles. The summed E-state index contributed by atoms with van der Waals surface area (Å²) in [6.45, 7) is 5.16. The van der Waals surface area contributed by atoms with Crippen LogP contribution in [0.2, 0.25) is 0 Å². The van der Waals surface area contributed by atoms with Crippen molar-refractivity contribution in [2.24, 2.45) is 0 Å². The van der Waals surface area contributed by atoms with Crippen LogP contribution in [0.5, 0.6) is 5.75 Å². The Kier molecular flexibility index (Phi) is 4.63. The Balaban J connectivity index is 1.72. The molecule has 21 heavy (non-hydrogen) atoms. The maximum absolute atomic E-state index is 5.91. The number of likely N-dealkylation sites (N-methyl/N-ethyl adjacent to an activating group) is 1. The van der Waals surface area contributed by atoms with Gasteiger partial charge < -0.3 is 25.0 Å². The molecule has 2 aliphatic rings. The van der Waals surface area contributed by atoms with E-state index < -0.39 is 0 Å². The van der Waals surface area contributed by atoms with Gasteiger partial charge in [-0.05, 0) is 37.7 Å². The maximum Gasteiger partial charge on any atom is 0.121 e. The summed E-state index contributed by atoms with van der Waals surface area (Å²) < 4.78 is 11.4. The first kappa shape index (κ1) is 14.6. The molecule has 0 aliphatic carbocycles. The average molecular weight is 291 g/mol. The minimum atomic E-state index is 0.423. The van der Waals surface area contributed by atoms with E-state index >= 15 is 0 Å². The molecule has 0 radical (unpaired) electrons. The standard InChI is InChI=1S/C16H25N3O2/c1-19(2)4-6-21-14-7-12-9-17-10-15(12)16(8-14)18-13-3-5-20-11-13/h7-8,13,17-18H,3-6,9-11H2,1-2H3/t13-/m0/s1. The first-order valence-corrected chi connectivity index (χ1v) is 7.70.